The fraction of sp³-hybridized carbons (Fsp3) is 0.429. The van der Waals surface area contributed by atoms with Gasteiger partial charge in [-0.3, -0.25) is 10.1 Å². The van der Waals surface area contributed by atoms with E-state index in [0.717, 1.165) is 6.54 Å². The smallest absolute Gasteiger partial charge is 0.295 e. The van der Waals surface area contributed by atoms with Gasteiger partial charge in [0.25, 0.3) is 5.69 Å². The number of nitrogens with zero attached hydrogens (tertiary/aromatic N) is 1. The molecule has 1 fully saturated rings. The average Bonchev–Trinajstić information content (AvgIpc) is 2.63. The quantitative estimate of drug-likeness (QED) is 0.423. The van der Waals surface area contributed by atoms with Crippen LogP contribution in [0.25, 0.3) is 0 Å². The van der Waals surface area contributed by atoms with E-state index in [4.69, 9.17) is 10.5 Å². The van der Waals surface area contributed by atoms with Gasteiger partial charge in [-0.15, -0.1) is 0 Å². The first-order valence-electron chi connectivity index (χ1n) is 9.36. The van der Waals surface area contributed by atoms with Crippen LogP contribution in [0.3, 0.4) is 0 Å². The van der Waals surface area contributed by atoms with Crippen molar-refractivity contribution in [1.29, 1.82) is 0 Å². The van der Waals surface area contributed by atoms with Gasteiger partial charge in [0.05, 0.1) is 11.0 Å². The third kappa shape index (κ3) is 5.20. The van der Waals surface area contributed by atoms with Crippen LogP contribution >= 0.6 is 0 Å². The van der Waals surface area contributed by atoms with Crippen molar-refractivity contribution in [2.24, 2.45) is 5.41 Å². The predicted octanol–water partition coefficient (Wildman–Crippen LogP) is 5.03. The van der Waals surface area contributed by atoms with Crippen LogP contribution in [-0.4, -0.2) is 11.0 Å². The summed E-state index contributed by atoms with van der Waals surface area (Å²) in [6.07, 6.45) is 4.99. The Kier molecular flexibility index (Phi) is 5.65. The van der Waals surface area contributed by atoms with E-state index in [2.05, 4.69) is 19.2 Å². The SMILES string of the molecule is CC1(C)CCC(NCc2ccc(Oc3ccc(N)c([N+](=O)[O-])c3)cc2)CC1. The maximum Gasteiger partial charge on any atom is 0.295 e. The van der Waals surface area contributed by atoms with E-state index in [0.29, 0.717) is 23.0 Å². The number of hydrogen-bond acceptors (Lipinski definition) is 5. The molecule has 0 aromatic heterocycles. The Labute approximate surface area is 159 Å². The van der Waals surface area contributed by atoms with Gasteiger partial charge in [-0.05, 0) is 60.9 Å². The van der Waals surface area contributed by atoms with E-state index in [1.807, 2.05) is 24.3 Å². The lowest BCUT2D eigenvalue weighted by Gasteiger charge is -2.34. The van der Waals surface area contributed by atoms with E-state index in [1.54, 1.807) is 6.07 Å². The summed E-state index contributed by atoms with van der Waals surface area (Å²) in [5, 5.41) is 14.6. The summed E-state index contributed by atoms with van der Waals surface area (Å²) in [4.78, 5) is 10.5. The number of nitrogens with one attached hydrogen (secondary N) is 1. The summed E-state index contributed by atoms with van der Waals surface area (Å²) in [5.74, 6) is 1.03. The van der Waals surface area contributed by atoms with Gasteiger partial charge in [0.1, 0.15) is 17.2 Å². The molecule has 0 bridgehead atoms. The molecule has 3 N–H and O–H groups in total. The summed E-state index contributed by atoms with van der Waals surface area (Å²) in [6.45, 7) is 5.52. The van der Waals surface area contributed by atoms with Crippen LogP contribution in [0, 0.1) is 15.5 Å². The van der Waals surface area contributed by atoms with E-state index >= 15 is 0 Å². The number of nitrogen functional groups attached to an aromatic ring is 1. The number of hydrogen-bond donors (Lipinski definition) is 2. The number of anilines is 1. The second kappa shape index (κ2) is 7.96. The van der Waals surface area contributed by atoms with Gasteiger partial charge in [0.15, 0.2) is 0 Å². The van der Waals surface area contributed by atoms with E-state index in [9.17, 15) is 10.1 Å². The number of nitrogens with two attached hydrogens (primary N) is 1. The van der Waals surface area contributed by atoms with Crippen LogP contribution < -0.4 is 15.8 Å². The van der Waals surface area contributed by atoms with Crippen molar-refractivity contribution in [2.75, 3.05) is 5.73 Å². The second-order valence-corrected chi connectivity index (χ2v) is 8.04. The Morgan fingerprint density at radius 1 is 1.15 bits per heavy atom. The minimum absolute atomic E-state index is 0.125. The van der Waals surface area contributed by atoms with E-state index < -0.39 is 4.92 Å². The molecule has 6 heteroatoms. The first kappa shape index (κ1) is 19.2. The third-order valence-corrected chi connectivity index (χ3v) is 5.29. The number of nitro groups is 1. The van der Waals surface area contributed by atoms with Crippen LogP contribution in [-0.2, 0) is 6.54 Å². The molecule has 0 aliphatic heterocycles. The molecule has 6 nitrogen and oxygen atoms in total. The molecule has 0 saturated heterocycles. The van der Waals surface area contributed by atoms with Gasteiger partial charge in [-0.2, -0.15) is 0 Å². The van der Waals surface area contributed by atoms with Crippen LogP contribution in [0.5, 0.6) is 11.5 Å². The summed E-state index contributed by atoms with van der Waals surface area (Å²) < 4.78 is 5.72. The Balaban J connectivity index is 1.55. The van der Waals surface area contributed by atoms with Crippen LogP contribution in [0.2, 0.25) is 0 Å². The van der Waals surface area contributed by atoms with Crippen LogP contribution in [0.1, 0.15) is 45.1 Å². The van der Waals surface area contributed by atoms with Gasteiger partial charge in [0.2, 0.25) is 0 Å². The topological polar surface area (TPSA) is 90.4 Å². The first-order chi connectivity index (χ1) is 12.8. The fourth-order valence-electron chi connectivity index (χ4n) is 3.42. The number of rotatable bonds is 6. The number of benzene rings is 2. The van der Waals surface area contributed by atoms with Gasteiger partial charge in [-0.1, -0.05) is 26.0 Å². The Morgan fingerprint density at radius 3 is 2.41 bits per heavy atom. The first-order valence-corrected chi connectivity index (χ1v) is 9.36. The molecule has 2 aromatic rings. The molecule has 2 aromatic carbocycles. The van der Waals surface area contributed by atoms with Crippen molar-refractivity contribution in [2.45, 2.75) is 52.1 Å². The molecule has 3 rings (SSSR count). The Hall–Kier alpha value is -2.60. The zero-order valence-electron chi connectivity index (χ0n) is 15.9. The zero-order valence-corrected chi connectivity index (χ0v) is 15.9. The normalized spacial score (nSPS) is 16.8. The lowest BCUT2D eigenvalue weighted by Crippen LogP contribution is -2.35. The van der Waals surface area contributed by atoms with Crippen molar-refractivity contribution < 1.29 is 9.66 Å². The standard InChI is InChI=1S/C21H27N3O3/c1-21(2)11-9-16(10-12-21)23-14-15-3-5-17(6-4-15)27-18-7-8-19(22)20(13-18)24(25)26/h3-8,13,16,23H,9-12,14,22H2,1-2H3. The van der Waals surface area contributed by atoms with E-state index in [-0.39, 0.29) is 11.4 Å². The molecular formula is C21H27N3O3. The lowest BCUT2D eigenvalue weighted by atomic mass is 9.75. The van der Waals surface area contributed by atoms with Crippen molar-refractivity contribution in [1.82, 2.24) is 5.32 Å². The zero-order chi connectivity index (χ0) is 19.4. The van der Waals surface area contributed by atoms with Crippen LogP contribution in [0.15, 0.2) is 42.5 Å². The molecule has 1 saturated carbocycles. The molecule has 1 aliphatic carbocycles. The molecule has 0 unspecified atom stereocenters. The Bertz CT molecular complexity index is 793. The third-order valence-electron chi connectivity index (χ3n) is 5.29. The summed E-state index contributed by atoms with van der Waals surface area (Å²) in [7, 11) is 0. The number of ether oxygens (including phenoxy) is 1. The average molecular weight is 369 g/mol. The van der Waals surface area contributed by atoms with Gasteiger partial charge >= 0.3 is 0 Å². The largest absolute Gasteiger partial charge is 0.457 e. The molecule has 1 aliphatic rings. The summed E-state index contributed by atoms with van der Waals surface area (Å²) in [6, 6.07) is 12.8. The second-order valence-electron chi connectivity index (χ2n) is 8.04. The highest BCUT2D eigenvalue weighted by molar-refractivity contribution is 5.61. The molecule has 144 valence electrons. The predicted molar refractivity (Wildman–Crippen MR) is 107 cm³/mol. The summed E-state index contributed by atoms with van der Waals surface area (Å²) >= 11 is 0. The van der Waals surface area contributed by atoms with Gasteiger partial charge in [0, 0.05) is 12.6 Å². The maximum absolute atomic E-state index is 11.0. The molecule has 0 spiro atoms. The highest BCUT2D eigenvalue weighted by Crippen LogP contribution is 2.35. The van der Waals surface area contributed by atoms with Crippen molar-refractivity contribution >= 4 is 11.4 Å². The van der Waals surface area contributed by atoms with Gasteiger partial charge in [-0.25, -0.2) is 0 Å². The monoisotopic (exact) mass is 369 g/mol. The molecular weight excluding hydrogens is 342 g/mol. The maximum atomic E-state index is 11.0. The highest BCUT2D eigenvalue weighted by Gasteiger charge is 2.26. The van der Waals surface area contributed by atoms with E-state index in [1.165, 1.54) is 43.4 Å². The van der Waals surface area contributed by atoms with Crippen molar-refractivity contribution in [3.8, 4) is 11.5 Å². The van der Waals surface area contributed by atoms with Gasteiger partial charge < -0.3 is 15.8 Å². The molecule has 0 atom stereocenters. The molecule has 27 heavy (non-hydrogen) atoms. The Morgan fingerprint density at radius 2 is 1.78 bits per heavy atom. The molecule has 0 amide bonds. The number of nitro benzene ring substituents is 1. The molecule has 0 heterocycles. The fourth-order valence-corrected chi connectivity index (χ4v) is 3.42. The lowest BCUT2D eigenvalue weighted by molar-refractivity contribution is -0.384. The minimum Gasteiger partial charge on any atom is -0.457 e. The molecule has 0 radical (unpaired) electrons. The summed E-state index contributed by atoms with van der Waals surface area (Å²) in [5.41, 5.74) is 7.26. The minimum atomic E-state index is -0.511. The van der Waals surface area contributed by atoms with Crippen LogP contribution in [0.4, 0.5) is 11.4 Å². The highest BCUT2D eigenvalue weighted by atomic mass is 16.6. The van der Waals surface area contributed by atoms with Crippen molar-refractivity contribution in [3.63, 3.8) is 0 Å². The van der Waals surface area contributed by atoms with Crippen molar-refractivity contribution in [3.05, 3.63) is 58.1 Å².